The molecular formula is C15H24N4S2. The first-order valence-corrected chi connectivity index (χ1v) is 8.85. The van der Waals surface area contributed by atoms with Crippen LogP contribution in [0.5, 0.6) is 0 Å². The molecule has 2 aromatic rings. The van der Waals surface area contributed by atoms with Crippen molar-refractivity contribution >= 4 is 22.7 Å². The van der Waals surface area contributed by atoms with Crippen LogP contribution in [0.4, 0.5) is 0 Å². The van der Waals surface area contributed by atoms with Crippen molar-refractivity contribution in [1.29, 1.82) is 0 Å². The number of aromatic nitrogens is 2. The number of rotatable bonds is 6. The van der Waals surface area contributed by atoms with E-state index in [-0.39, 0.29) is 5.54 Å². The van der Waals surface area contributed by atoms with Crippen molar-refractivity contribution in [3.8, 4) is 0 Å². The largest absolute Gasteiger partial charge is 0.306 e. The van der Waals surface area contributed by atoms with E-state index in [1.54, 1.807) is 22.7 Å². The Kier molecular flexibility index (Phi) is 5.48. The fraction of sp³-hybridized carbons (Fsp3) is 0.600. The van der Waals surface area contributed by atoms with E-state index < -0.39 is 0 Å². The second-order valence-electron chi connectivity index (χ2n) is 6.37. The van der Waals surface area contributed by atoms with Gasteiger partial charge in [-0.2, -0.15) is 0 Å². The molecule has 0 bridgehead atoms. The van der Waals surface area contributed by atoms with Crippen LogP contribution in [0.25, 0.3) is 0 Å². The summed E-state index contributed by atoms with van der Waals surface area (Å²) in [5.41, 5.74) is 2.41. The van der Waals surface area contributed by atoms with Gasteiger partial charge in [0.15, 0.2) is 0 Å². The molecule has 0 aliphatic rings. The van der Waals surface area contributed by atoms with Gasteiger partial charge in [-0.3, -0.25) is 4.90 Å². The van der Waals surface area contributed by atoms with Gasteiger partial charge in [-0.1, -0.05) is 0 Å². The number of nitrogens with one attached hydrogen (secondary N) is 1. The third kappa shape index (κ3) is 5.82. The first-order valence-electron chi connectivity index (χ1n) is 7.10. The van der Waals surface area contributed by atoms with Gasteiger partial charge in [0.25, 0.3) is 0 Å². The molecule has 0 radical (unpaired) electrons. The van der Waals surface area contributed by atoms with E-state index >= 15 is 0 Å². The Bertz CT molecular complexity index is 568. The molecule has 2 heterocycles. The maximum absolute atomic E-state index is 4.70. The highest BCUT2D eigenvalue weighted by Crippen LogP contribution is 2.15. The highest BCUT2D eigenvalue weighted by atomic mass is 32.1. The van der Waals surface area contributed by atoms with Gasteiger partial charge in [-0.15, -0.1) is 22.7 Å². The first-order chi connectivity index (χ1) is 9.82. The van der Waals surface area contributed by atoms with Crippen molar-refractivity contribution in [2.45, 2.75) is 52.9 Å². The minimum atomic E-state index is 0.130. The maximum atomic E-state index is 4.70. The summed E-state index contributed by atoms with van der Waals surface area (Å²) in [5, 5.41) is 10.0. The van der Waals surface area contributed by atoms with E-state index in [0.29, 0.717) is 0 Å². The van der Waals surface area contributed by atoms with Crippen molar-refractivity contribution in [3.05, 3.63) is 32.2 Å². The van der Waals surface area contributed by atoms with Crippen LogP contribution in [-0.4, -0.2) is 27.5 Å². The smallest absolute Gasteiger partial charge is 0.107 e. The Balaban J connectivity index is 1.84. The molecule has 0 aromatic carbocycles. The third-order valence-electron chi connectivity index (χ3n) is 2.90. The normalized spacial score (nSPS) is 12.3. The first kappa shape index (κ1) is 16.5. The second-order valence-corrected chi connectivity index (χ2v) is 8.37. The molecule has 0 aliphatic carbocycles. The van der Waals surface area contributed by atoms with E-state index in [1.807, 2.05) is 6.92 Å². The number of thiazole rings is 2. The van der Waals surface area contributed by atoms with Crippen LogP contribution in [0.15, 0.2) is 10.8 Å². The predicted octanol–water partition coefficient (Wildman–Crippen LogP) is 3.43. The van der Waals surface area contributed by atoms with E-state index in [4.69, 9.17) is 4.98 Å². The Morgan fingerprint density at radius 3 is 2.29 bits per heavy atom. The van der Waals surface area contributed by atoms with Crippen molar-refractivity contribution in [2.75, 3.05) is 7.05 Å². The third-order valence-corrected chi connectivity index (χ3v) is 4.62. The molecule has 4 nitrogen and oxygen atoms in total. The fourth-order valence-corrected chi connectivity index (χ4v) is 3.26. The molecule has 2 aromatic heterocycles. The molecule has 0 fully saturated rings. The Morgan fingerprint density at radius 2 is 1.71 bits per heavy atom. The summed E-state index contributed by atoms with van der Waals surface area (Å²) >= 11 is 3.43. The lowest BCUT2D eigenvalue weighted by atomic mass is 10.1. The lowest BCUT2D eigenvalue weighted by molar-refractivity contribution is 0.312. The zero-order valence-corrected chi connectivity index (χ0v) is 15.1. The summed E-state index contributed by atoms with van der Waals surface area (Å²) in [5.74, 6) is 0. The summed E-state index contributed by atoms with van der Waals surface area (Å²) < 4.78 is 0. The molecule has 0 spiro atoms. The summed E-state index contributed by atoms with van der Waals surface area (Å²) in [6.45, 7) is 11.1. The highest BCUT2D eigenvalue weighted by molar-refractivity contribution is 7.09. The molecule has 1 N–H and O–H groups in total. The number of hydrogen-bond acceptors (Lipinski definition) is 6. The van der Waals surface area contributed by atoms with Crippen LogP contribution in [0.2, 0.25) is 0 Å². The summed E-state index contributed by atoms with van der Waals surface area (Å²) in [4.78, 5) is 11.5. The molecular weight excluding hydrogens is 300 g/mol. The number of hydrogen-bond donors (Lipinski definition) is 1. The predicted molar refractivity (Wildman–Crippen MR) is 90.7 cm³/mol. The Morgan fingerprint density at radius 1 is 1.10 bits per heavy atom. The quantitative estimate of drug-likeness (QED) is 0.884. The van der Waals surface area contributed by atoms with Crippen LogP contribution < -0.4 is 5.32 Å². The number of aryl methyl sites for hydroxylation is 1. The van der Waals surface area contributed by atoms with Crippen molar-refractivity contribution < 1.29 is 0 Å². The average molecular weight is 325 g/mol. The Hall–Kier alpha value is -0.820. The van der Waals surface area contributed by atoms with Crippen LogP contribution >= 0.6 is 22.7 Å². The highest BCUT2D eigenvalue weighted by Gasteiger charge is 2.11. The molecule has 0 saturated carbocycles. The van der Waals surface area contributed by atoms with E-state index in [2.05, 4.69) is 53.8 Å². The standard InChI is InChI=1S/C15H24N4S2/c1-11-17-12(9-20-11)7-19(5)8-13-10-21-14(18-13)6-16-15(2,3)4/h9-10,16H,6-8H2,1-5H3. The van der Waals surface area contributed by atoms with Crippen LogP contribution in [0.3, 0.4) is 0 Å². The van der Waals surface area contributed by atoms with Gasteiger partial charge < -0.3 is 5.32 Å². The van der Waals surface area contributed by atoms with Crippen LogP contribution in [0.1, 0.15) is 42.2 Å². The van der Waals surface area contributed by atoms with Crippen LogP contribution in [0, 0.1) is 6.92 Å². The topological polar surface area (TPSA) is 41.1 Å². The molecule has 0 atom stereocenters. The molecule has 0 aliphatic heterocycles. The SMILES string of the molecule is Cc1nc(CN(C)Cc2csc(CNC(C)(C)C)n2)cs1. The van der Waals surface area contributed by atoms with Crippen LogP contribution in [-0.2, 0) is 19.6 Å². The van der Waals surface area contributed by atoms with Crippen molar-refractivity contribution in [2.24, 2.45) is 0 Å². The van der Waals surface area contributed by atoms with E-state index in [1.165, 1.54) is 0 Å². The average Bonchev–Trinajstić information content (AvgIpc) is 2.95. The minimum absolute atomic E-state index is 0.130. The van der Waals surface area contributed by atoms with Gasteiger partial charge >= 0.3 is 0 Å². The molecule has 0 amide bonds. The molecule has 2 rings (SSSR count). The zero-order chi connectivity index (χ0) is 15.5. The molecule has 0 unspecified atom stereocenters. The molecule has 6 heteroatoms. The van der Waals surface area contributed by atoms with Gasteiger partial charge in [0, 0.05) is 35.9 Å². The number of nitrogens with zero attached hydrogens (tertiary/aromatic N) is 3. The van der Waals surface area contributed by atoms with Gasteiger partial charge in [-0.25, -0.2) is 9.97 Å². The monoisotopic (exact) mass is 324 g/mol. The van der Waals surface area contributed by atoms with Gasteiger partial charge in [0.2, 0.25) is 0 Å². The summed E-state index contributed by atoms with van der Waals surface area (Å²) in [6.07, 6.45) is 0. The second kappa shape index (κ2) is 6.96. The summed E-state index contributed by atoms with van der Waals surface area (Å²) in [6, 6.07) is 0. The fourth-order valence-electron chi connectivity index (χ4n) is 1.93. The van der Waals surface area contributed by atoms with E-state index in [9.17, 15) is 0 Å². The van der Waals surface area contributed by atoms with Crippen molar-refractivity contribution in [3.63, 3.8) is 0 Å². The van der Waals surface area contributed by atoms with Gasteiger partial charge in [0.1, 0.15) is 5.01 Å². The van der Waals surface area contributed by atoms with Gasteiger partial charge in [0.05, 0.1) is 16.4 Å². The molecule has 21 heavy (non-hydrogen) atoms. The maximum Gasteiger partial charge on any atom is 0.107 e. The molecule has 0 saturated heterocycles. The van der Waals surface area contributed by atoms with Crippen molar-refractivity contribution in [1.82, 2.24) is 20.2 Å². The lowest BCUT2D eigenvalue weighted by Crippen LogP contribution is -2.35. The Labute approximate surface area is 135 Å². The molecule has 116 valence electrons. The summed E-state index contributed by atoms with van der Waals surface area (Å²) in [7, 11) is 2.11. The lowest BCUT2D eigenvalue weighted by Gasteiger charge is -2.19. The van der Waals surface area contributed by atoms with E-state index in [0.717, 1.165) is 41.0 Å². The van der Waals surface area contributed by atoms with Gasteiger partial charge in [-0.05, 0) is 34.7 Å². The zero-order valence-electron chi connectivity index (χ0n) is 13.4. The minimum Gasteiger partial charge on any atom is -0.306 e.